The second-order valence-corrected chi connectivity index (χ2v) is 8.14. The number of carbonyl (C=O) groups excluding carboxylic acids is 3. The Bertz CT molecular complexity index is 939. The molecule has 1 N–H and O–H groups in total. The van der Waals surface area contributed by atoms with Gasteiger partial charge in [0, 0.05) is 15.6 Å². The fraction of sp³-hybridized carbons (Fsp3) is 0.286. The molecule has 0 aliphatic carbocycles. The average molecular weight is 433 g/mol. The van der Waals surface area contributed by atoms with Crippen LogP contribution in [0.15, 0.2) is 48.5 Å². The minimum atomic E-state index is -0.450. The minimum Gasteiger partial charge on any atom is -0.327 e. The molecule has 3 amide bonds. The van der Waals surface area contributed by atoms with E-state index in [9.17, 15) is 14.4 Å². The van der Waals surface area contributed by atoms with Gasteiger partial charge in [-0.3, -0.25) is 14.4 Å². The molecule has 0 spiro atoms. The van der Waals surface area contributed by atoms with Crippen LogP contribution in [0.4, 0.5) is 5.69 Å². The van der Waals surface area contributed by atoms with Gasteiger partial charge in [-0.25, -0.2) is 4.90 Å². The lowest BCUT2D eigenvalue weighted by Crippen LogP contribution is -3.19. The van der Waals surface area contributed by atoms with E-state index in [4.69, 9.17) is 23.2 Å². The Kier molecular flexibility index (Phi) is 5.58. The number of benzene rings is 2. The third kappa shape index (κ3) is 4.01. The summed E-state index contributed by atoms with van der Waals surface area (Å²) in [5.41, 5.74) is 1.06. The molecule has 1 unspecified atom stereocenters. The second kappa shape index (κ2) is 8.14. The van der Waals surface area contributed by atoms with E-state index in [-0.39, 0.29) is 24.1 Å². The number of imide groups is 1. The summed E-state index contributed by atoms with van der Waals surface area (Å²) in [4.78, 5) is 42.2. The maximum absolute atomic E-state index is 13.0. The highest BCUT2D eigenvalue weighted by Crippen LogP contribution is 2.28. The van der Waals surface area contributed by atoms with E-state index in [0.29, 0.717) is 47.5 Å². The van der Waals surface area contributed by atoms with E-state index in [1.807, 2.05) is 18.2 Å². The van der Waals surface area contributed by atoms with Crippen LogP contribution in [0.2, 0.25) is 10.0 Å². The molecule has 0 radical (unpaired) electrons. The molecule has 0 bridgehead atoms. The van der Waals surface area contributed by atoms with Crippen molar-refractivity contribution in [3.8, 4) is 0 Å². The molecular formula is C21H20Cl2N3O3+. The van der Waals surface area contributed by atoms with Crippen molar-refractivity contribution >= 4 is 46.6 Å². The highest BCUT2D eigenvalue weighted by atomic mass is 35.5. The van der Waals surface area contributed by atoms with Gasteiger partial charge < -0.3 is 9.80 Å². The SMILES string of the molecule is O=C(c1ccccc1)N1CC[NH+](C2CC(=O)N(c3cc(Cl)cc(Cl)c3)C2=O)CC1. The van der Waals surface area contributed by atoms with Gasteiger partial charge in [-0.2, -0.15) is 0 Å². The van der Waals surface area contributed by atoms with Gasteiger partial charge in [0.1, 0.15) is 0 Å². The van der Waals surface area contributed by atoms with Gasteiger partial charge in [-0.15, -0.1) is 0 Å². The number of carbonyl (C=O) groups is 3. The Balaban J connectivity index is 1.43. The molecule has 2 saturated heterocycles. The number of piperazine rings is 1. The number of halogens is 2. The Morgan fingerprint density at radius 2 is 1.59 bits per heavy atom. The molecule has 2 heterocycles. The van der Waals surface area contributed by atoms with Crippen LogP contribution in [-0.4, -0.2) is 54.8 Å². The largest absolute Gasteiger partial charge is 0.327 e. The van der Waals surface area contributed by atoms with Gasteiger partial charge >= 0.3 is 0 Å². The molecule has 29 heavy (non-hydrogen) atoms. The fourth-order valence-electron chi connectivity index (χ4n) is 4.00. The Morgan fingerprint density at radius 3 is 2.21 bits per heavy atom. The summed E-state index contributed by atoms with van der Waals surface area (Å²) in [6.07, 6.45) is 0.144. The van der Waals surface area contributed by atoms with Crippen molar-refractivity contribution in [2.75, 3.05) is 31.1 Å². The van der Waals surface area contributed by atoms with Gasteiger partial charge in [0.25, 0.3) is 11.8 Å². The summed E-state index contributed by atoms with van der Waals surface area (Å²) in [5.74, 6) is -0.506. The van der Waals surface area contributed by atoms with Crippen molar-refractivity contribution in [2.24, 2.45) is 0 Å². The lowest BCUT2D eigenvalue weighted by atomic mass is 10.1. The first-order valence-electron chi connectivity index (χ1n) is 9.46. The van der Waals surface area contributed by atoms with Crippen molar-refractivity contribution in [3.63, 3.8) is 0 Å². The van der Waals surface area contributed by atoms with Crippen LogP contribution in [-0.2, 0) is 9.59 Å². The molecule has 1 atom stereocenters. The molecule has 0 saturated carbocycles. The summed E-state index contributed by atoms with van der Waals surface area (Å²) < 4.78 is 0. The number of amides is 3. The van der Waals surface area contributed by atoms with Gasteiger partial charge in [0.2, 0.25) is 5.91 Å². The molecule has 2 aromatic carbocycles. The summed E-state index contributed by atoms with van der Waals surface area (Å²) in [7, 11) is 0. The molecular weight excluding hydrogens is 413 g/mol. The number of anilines is 1. The maximum atomic E-state index is 13.0. The molecule has 0 aromatic heterocycles. The van der Waals surface area contributed by atoms with E-state index in [1.54, 1.807) is 35.2 Å². The lowest BCUT2D eigenvalue weighted by molar-refractivity contribution is -0.918. The molecule has 2 aliphatic heterocycles. The Hall–Kier alpha value is -2.41. The van der Waals surface area contributed by atoms with Gasteiger partial charge in [0.05, 0.1) is 38.3 Å². The normalized spacial score (nSPS) is 20.4. The van der Waals surface area contributed by atoms with Crippen molar-refractivity contribution in [2.45, 2.75) is 12.5 Å². The van der Waals surface area contributed by atoms with Crippen LogP contribution in [0.1, 0.15) is 16.8 Å². The summed E-state index contributed by atoms with van der Waals surface area (Å²) in [6, 6.07) is 13.4. The predicted molar refractivity (Wildman–Crippen MR) is 110 cm³/mol. The zero-order chi connectivity index (χ0) is 20.5. The van der Waals surface area contributed by atoms with Crippen molar-refractivity contribution in [1.29, 1.82) is 0 Å². The number of quaternary nitrogens is 1. The van der Waals surface area contributed by atoms with Gasteiger partial charge in [-0.05, 0) is 30.3 Å². The fourth-order valence-corrected chi connectivity index (χ4v) is 4.51. The van der Waals surface area contributed by atoms with Gasteiger partial charge in [0.15, 0.2) is 6.04 Å². The molecule has 8 heteroatoms. The first kappa shape index (κ1) is 19.9. The van der Waals surface area contributed by atoms with Gasteiger partial charge in [-0.1, -0.05) is 41.4 Å². The van der Waals surface area contributed by atoms with E-state index in [1.165, 1.54) is 4.90 Å². The van der Waals surface area contributed by atoms with E-state index >= 15 is 0 Å². The topological polar surface area (TPSA) is 62.1 Å². The standard InChI is InChI=1S/C21H19Cl2N3O3/c22-15-10-16(23)12-17(11-15)26-19(27)13-18(21(26)29)24-6-8-25(9-7-24)20(28)14-4-2-1-3-5-14/h1-5,10-12,18H,6-9,13H2/p+1. The zero-order valence-corrected chi connectivity index (χ0v) is 17.1. The van der Waals surface area contributed by atoms with Crippen molar-refractivity contribution in [3.05, 3.63) is 64.1 Å². The third-order valence-corrected chi connectivity index (χ3v) is 5.90. The smallest absolute Gasteiger partial charge is 0.292 e. The maximum Gasteiger partial charge on any atom is 0.292 e. The minimum absolute atomic E-state index is 0.00586. The molecule has 2 aliphatic rings. The summed E-state index contributed by atoms with van der Waals surface area (Å²) in [6.45, 7) is 2.33. The highest BCUT2D eigenvalue weighted by Gasteiger charge is 2.46. The second-order valence-electron chi connectivity index (χ2n) is 7.27. The first-order valence-corrected chi connectivity index (χ1v) is 10.2. The van der Waals surface area contributed by atoms with E-state index in [0.717, 1.165) is 4.90 Å². The summed E-state index contributed by atoms with van der Waals surface area (Å²) in [5, 5.41) is 0.744. The van der Waals surface area contributed by atoms with Crippen molar-refractivity contribution < 1.29 is 19.3 Å². The number of hydrogen-bond acceptors (Lipinski definition) is 3. The molecule has 150 valence electrons. The monoisotopic (exact) mass is 432 g/mol. The van der Waals surface area contributed by atoms with E-state index < -0.39 is 6.04 Å². The van der Waals surface area contributed by atoms with Crippen molar-refractivity contribution in [1.82, 2.24) is 4.90 Å². The first-order chi connectivity index (χ1) is 13.9. The molecule has 4 rings (SSSR count). The highest BCUT2D eigenvalue weighted by molar-refractivity contribution is 6.35. The third-order valence-electron chi connectivity index (χ3n) is 5.46. The van der Waals surface area contributed by atoms with E-state index in [2.05, 4.69) is 0 Å². The Morgan fingerprint density at radius 1 is 0.966 bits per heavy atom. The molecule has 6 nitrogen and oxygen atoms in total. The predicted octanol–water partition coefficient (Wildman–Crippen LogP) is 1.67. The molecule has 2 aromatic rings. The number of rotatable bonds is 3. The number of nitrogens with zero attached hydrogens (tertiary/aromatic N) is 2. The zero-order valence-electron chi connectivity index (χ0n) is 15.6. The number of nitrogens with one attached hydrogen (secondary N) is 1. The van der Waals surface area contributed by atoms with Crippen LogP contribution in [0.5, 0.6) is 0 Å². The van der Waals surface area contributed by atoms with Crippen LogP contribution in [0, 0.1) is 0 Å². The lowest BCUT2D eigenvalue weighted by Gasteiger charge is -2.34. The van der Waals surface area contributed by atoms with Crippen LogP contribution in [0.25, 0.3) is 0 Å². The number of hydrogen-bond donors (Lipinski definition) is 1. The quantitative estimate of drug-likeness (QED) is 0.750. The van der Waals surface area contributed by atoms with Crippen LogP contribution < -0.4 is 9.80 Å². The summed E-state index contributed by atoms with van der Waals surface area (Å²) >= 11 is 12.1. The van der Waals surface area contributed by atoms with Crippen LogP contribution >= 0.6 is 23.2 Å². The Labute approximate surface area is 178 Å². The average Bonchev–Trinajstić information content (AvgIpc) is 3.01. The van der Waals surface area contributed by atoms with Crippen LogP contribution in [0.3, 0.4) is 0 Å². The molecule has 2 fully saturated rings.